The second-order valence-electron chi connectivity index (χ2n) is 6.35. The van der Waals surface area contributed by atoms with Crippen molar-refractivity contribution in [3.8, 4) is 5.75 Å². The van der Waals surface area contributed by atoms with Gasteiger partial charge in [0.05, 0.1) is 12.8 Å². The summed E-state index contributed by atoms with van der Waals surface area (Å²) in [6.07, 6.45) is 5.13. The summed E-state index contributed by atoms with van der Waals surface area (Å²) in [6.45, 7) is 4.62. The van der Waals surface area contributed by atoms with Crippen LogP contribution in [0.4, 0.5) is 5.69 Å². The molecule has 20 heavy (non-hydrogen) atoms. The summed E-state index contributed by atoms with van der Waals surface area (Å²) in [7, 11) is 4.03. The predicted molar refractivity (Wildman–Crippen MR) is 83.7 cm³/mol. The zero-order valence-corrected chi connectivity index (χ0v) is 12.9. The average molecular weight is 274 g/mol. The molecule has 2 atom stereocenters. The van der Waals surface area contributed by atoms with E-state index in [1.54, 1.807) is 7.11 Å². The van der Waals surface area contributed by atoms with Gasteiger partial charge in [0.25, 0.3) is 0 Å². The van der Waals surface area contributed by atoms with Crippen LogP contribution in [0.2, 0.25) is 0 Å². The third-order valence-electron chi connectivity index (χ3n) is 5.40. The number of fused-ring (bicyclic) bond motifs is 1. The molecule has 3 nitrogen and oxygen atoms in total. The third kappa shape index (κ3) is 2.08. The van der Waals surface area contributed by atoms with Crippen LogP contribution in [0.1, 0.15) is 38.2 Å². The lowest BCUT2D eigenvalue weighted by atomic mass is 9.74. The smallest absolute Gasteiger partial charge is 0.142 e. The number of likely N-dealkylation sites (tertiary alicyclic amines) is 1. The highest BCUT2D eigenvalue weighted by Gasteiger charge is 2.41. The van der Waals surface area contributed by atoms with Crippen LogP contribution in [0.15, 0.2) is 18.2 Å². The molecule has 2 aliphatic heterocycles. The van der Waals surface area contributed by atoms with Crippen molar-refractivity contribution < 1.29 is 4.74 Å². The highest BCUT2D eigenvalue weighted by Crippen LogP contribution is 2.47. The Kier molecular flexibility index (Phi) is 3.63. The minimum absolute atomic E-state index is 0.271. The molecule has 1 unspecified atom stereocenters. The molecule has 3 heteroatoms. The van der Waals surface area contributed by atoms with E-state index in [9.17, 15) is 0 Å². The topological polar surface area (TPSA) is 24.5 Å². The molecule has 0 saturated carbocycles. The Morgan fingerprint density at radius 2 is 2.30 bits per heavy atom. The first kappa shape index (κ1) is 13.7. The van der Waals surface area contributed by atoms with Crippen molar-refractivity contribution in [3.63, 3.8) is 0 Å². The number of nitrogens with zero attached hydrogens (tertiary/aromatic N) is 1. The maximum atomic E-state index is 5.51. The van der Waals surface area contributed by atoms with E-state index in [0.29, 0.717) is 0 Å². The third-order valence-corrected chi connectivity index (χ3v) is 5.40. The van der Waals surface area contributed by atoms with Gasteiger partial charge in [-0.05, 0) is 50.9 Å². The molecule has 0 amide bonds. The molecule has 0 bridgehead atoms. The van der Waals surface area contributed by atoms with Gasteiger partial charge >= 0.3 is 0 Å². The number of methoxy groups -OCH3 is 1. The number of rotatable bonds is 4. The van der Waals surface area contributed by atoms with E-state index in [1.165, 1.54) is 43.5 Å². The number of benzene rings is 1. The molecule has 0 aliphatic carbocycles. The summed E-state index contributed by atoms with van der Waals surface area (Å²) in [5, 5.41) is 3.61. The second kappa shape index (κ2) is 5.28. The van der Waals surface area contributed by atoms with Crippen LogP contribution >= 0.6 is 0 Å². The molecule has 1 N–H and O–H groups in total. The van der Waals surface area contributed by atoms with Crippen LogP contribution in [0.25, 0.3) is 0 Å². The molecule has 1 saturated heterocycles. The van der Waals surface area contributed by atoms with E-state index in [-0.39, 0.29) is 5.41 Å². The van der Waals surface area contributed by atoms with Crippen molar-refractivity contribution in [3.05, 3.63) is 23.8 Å². The Hall–Kier alpha value is -1.22. The van der Waals surface area contributed by atoms with Crippen molar-refractivity contribution in [2.75, 3.05) is 32.6 Å². The molecular weight excluding hydrogens is 248 g/mol. The monoisotopic (exact) mass is 274 g/mol. The van der Waals surface area contributed by atoms with E-state index in [0.717, 1.165) is 18.3 Å². The van der Waals surface area contributed by atoms with Gasteiger partial charge in [0.15, 0.2) is 0 Å². The summed E-state index contributed by atoms with van der Waals surface area (Å²) in [5.41, 5.74) is 2.95. The normalized spacial score (nSPS) is 29.2. The first-order chi connectivity index (χ1) is 9.70. The van der Waals surface area contributed by atoms with Crippen molar-refractivity contribution in [2.24, 2.45) is 0 Å². The number of para-hydroxylation sites is 1. The molecule has 2 heterocycles. The molecule has 1 fully saturated rings. The summed E-state index contributed by atoms with van der Waals surface area (Å²) in [5.74, 6) is 0.984. The maximum Gasteiger partial charge on any atom is 0.142 e. The molecule has 1 aromatic carbocycles. The van der Waals surface area contributed by atoms with Crippen molar-refractivity contribution in [1.29, 1.82) is 0 Å². The maximum absolute atomic E-state index is 5.51. The largest absolute Gasteiger partial charge is 0.495 e. The summed E-state index contributed by atoms with van der Waals surface area (Å²) >= 11 is 0. The number of ether oxygens (including phenoxy) is 1. The van der Waals surface area contributed by atoms with Gasteiger partial charge in [-0.25, -0.2) is 0 Å². The minimum Gasteiger partial charge on any atom is -0.495 e. The summed E-state index contributed by atoms with van der Waals surface area (Å²) < 4.78 is 5.51. The number of hydrogen-bond acceptors (Lipinski definition) is 3. The number of hydrogen-bond donors (Lipinski definition) is 1. The van der Waals surface area contributed by atoms with Crippen LogP contribution in [0, 0.1) is 0 Å². The Labute approximate surface area is 122 Å². The Balaban J connectivity index is 1.92. The van der Waals surface area contributed by atoms with Crippen LogP contribution in [0.5, 0.6) is 5.75 Å². The highest BCUT2D eigenvalue weighted by atomic mass is 16.5. The molecular formula is C17H26N2O. The van der Waals surface area contributed by atoms with Gasteiger partial charge in [0.2, 0.25) is 0 Å². The van der Waals surface area contributed by atoms with Crippen LogP contribution < -0.4 is 10.1 Å². The van der Waals surface area contributed by atoms with Gasteiger partial charge in [-0.15, -0.1) is 0 Å². The molecule has 0 spiro atoms. The Morgan fingerprint density at radius 3 is 2.95 bits per heavy atom. The number of anilines is 1. The first-order valence-corrected chi connectivity index (χ1v) is 7.82. The molecule has 110 valence electrons. The molecule has 2 aliphatic rings. The second-order valence-corrected chi connectivity index (χ2v) is 6.35. The fourth-order valence-corrected chi connectivity index (χ4v) is 4.01. The van der Waals surface area contributed by atoms with Gasteiger partial charge in [-0.1, -0.05) is 19.1 Å². The minimum atomic E-state index is 0.271. The molecule has 3 rings (SSSR count). The lowest BCUT2D eigenvalue weighted by Gasteiger charge is -2.33. The van der Waals surface area contributed by atoms with E-state index >= 15 is 0 Å². The van der Waals surface area contributed by atoms with Crippen molar-refractivity contribution >= 4 is 5.69 Å². The fraction of sp³-hybridized carbons (Fsp3) is 0.647. The van der Waals surface area contributed by atoms with Gasteiger partial charge in [0, 0.05) is 18.0 Å². The standard InChI is InChI=1S/C17H26N2O/c1-4-17(11-13-7-6-10-19(13)2)12-18-16-14(17)8-5-9-15(16)20-3/h5,8-9,13,18H,4,6-7,10-12H2,1-3H3/t13-,17?/m1/s1. The summed E-state index contributed by atoms with van der Waals surface area (Å²) in [6, 6.07) is 7.21. The van der Waals surface area contributed by atoms with Crippen LogP contribution in [0.3, 0.4) is 0 Å². The van der Waals surface area contributed by atoms with Crippen LogP contribution in [-0.2, 0) is 5.41 Å². The van der Waals surface area contributed by atoms with E-state index in [2.05, 4.69) is 42.4 Å². The average Bonchev–Trinajstić information content (AvgIpc) is 3.04. The van der Waals surface area contributed by atoms with Gasteiger partial charge < -0.3 is 15.0 Å². The summed E-state index contributed by atoms with van der Waals surface area (Å²) in [4.78, 5) is 2.54. The van der Waals surface area contributed by atoms with Gasteiger partial charge in [-0.3, -0.25) is 0 Å². The zero-order chi connectivity index (χ0) is 14.2. The SMILES string of the molecule is CCC1(C[C@H]2CCCN2C)CNc2c(OC)cccc21. The predicted octanol–water partition coefficient (Wildman–Crippen LogP) is 3.25. The molecule has 0 radical (unpaired) electrons. The first-order valence-electron chi connectivity index (χ1n) is 7.82. The lowest BCUT2D eigenvalue weighted by molar-refractivity contribution is 0.242. The molecule has 0 aromatic heterocycles. The van der Waals surface area contributed by atoms with E-state index < -0.39 is 0 Å². The quantitative estimate of drug-likeness (QED) is 0.912. The molecule has 1 aromatic rings. The fourth-order valence-electron chi connectivity index (χ4n) is 4.01. The van der Waals surface area contributed by atoms with Gasteiger partial charge in [-0.2, -0.15) is 0 Å². The Bertz CT molecular complexity index is 488. The van der Waals surface area contributed by atoms with Crippen molar-refractivity contribution in [1.82, 2.24) is 4.90 Å². The highest BCUT2D eigenvalue weighted by molar-refractivity contribution is 5.68. The van der Waals surface area contributed by atoms with Gasteiger partial charge in [0.1, 0.15) is 5.75 Å². The van der Waals surface area contributed by atoms with Crippen molar-refractivity contribution in [2.45, 2.75) is 44.1 Å². The van der Waals surface area contributed by atoms with Crippen LogP contribution in [-0.4, -0.2) is 38.2 Å². The lowest BCUT2D eigenvalue weighted by Crippen LogP contribution is -2.37. The zero-order valence-electron chi connectivity index (χ0n) is 12.9. The number of nitrogens with one attached hydrogen (secondary N) is 1. The van der Waals surface area contributed by atoms with E-state index in [1.807, 2.05) is 0 Å². The Morgan fingerprint density at radius 1 is 1.45 bits per heavy atom. The van der Waals surface area contributed by atoms with E-state index in [4.69, 9.17) is 4.74 Å².